The van der Waals surface area contributed by atoms with Gasteiger partial charge in [-0.3, -0.25) is 9.20 Å². The first-order valence-corrected chi connectivity index (χ1v) is 6.88. The molecule has 0 atom stereocenters. The summed E-state index contributed by atoms with van der Waals surface area (Å²) in [4.78, 5) is 19.3. The maximum Gasteiger partial charge on any atom is 0.263 e. The van der Waals surface area contributed by atoms with E-state index in [1.165, 1.54) is 4.40 Å². The van der Waals surface area contributed by atoms with Gasteiger partial charge in [0.25, 0.3) is 5.56 Å². The summed E-state index contributed by atoms with van der Waals surface area (Å²) in [6, 6.07) is 5.51. The largest absolute Gasteiger partial charge is 0.396 e. The molecule has 106 valence electrons. The van der Waals surface area contributed by atoms with E-state index in [-0.39, 0.29) is 12.2 Å². The van der Waals surface area contributed by atoms with Crippen molar-refractivity contribution in [3.8, 4) is 0 Å². The molecule has 0 aromatic carbocycles. The molecule has 1 fully saturated rings. The zero-order valence-electron chi connectivity index (χ0n) is 11.2. The number of nitrogens with one attached hydrogen (secondary N) is 1. The number of rotatable bonds is 3. The van der Waals surface area contributed by atoms with Crippen LogP contribution in [0.25, 0.3) is 5.65 Å². The zero-order chi connectivity index (χ0) is 13.9. The molecule has 0 aliphatic carbocycles. The van der Waals surface area contributed by atoms with E-state index in [9.17, 15) is 9.90 Å². The van der Waals surface area contributed by atoms with Gasteiger partial charge in [0.2, 0.25) is 0 Å². The third-order valence-electron chi connectivity index (χ3n) is 3.58. The Labute approximate surface area is 116 Å². The predicted molar refractivity (Wildman–Crippen MR) is 77.3 cm³/mol. The van der Waals surface area contributed by atoms with E-state index in [1.54, 1.807) is 6.20 Å². The maximum absolute atomic E-state index is 12.6. The number of aromatic nitrogens is 2. The first-order valence-electron chi connectivity index (χ1n) is 6.88. The lowest BCUT2D eigenvalue weighted by Gasteiger charge is -2.30. The van der Waals surface area contributed by atoms with Crippen molar-refractivity contribution in [1.82, 2.24) is 14.7 Å². The lowest BCUT2D eigenvalue weighted by atomic mass is 10.2. The van der Waals surface area contributed by atoms with Crippen LogP contribution in [0.5, 0.6) is 0 Å². The van der Waals surface area contributed by atoms with Crippen LogP contribution >= 0.6 is 0 Å². The van der Waals surface area contributed by atoms with Crippen molar-refractivity contribution in [2.45, 2.75) is 6.42 Å². The zero-order valence-corrected chi connectivity index (χ0v) is 11.2. The number of aliphatic hydroxyl groups excluding tert-OH is 1. The van der Waals surface area contributed by atoms with Gasteiger partial charge in [-0.15, -0.1) is 0 Å². The number of hydrogen-bond acceptors (Lipinski definition) is 5. The summed E-state index contributed by atoms with van der Waals surface area (Å²) in [5.41, 5.74) is 1.16. The summed E-state index contributed by atoms with van der Waals surface area (Å²) in [5.74, 6) is 0.719. The van der Waals surface area contributed by atoms with Crippen molar-refractivity contribution < 1.29 is 5.11 Å². The van der Waals surface area contributed by atoms with Crippen LogP contribution in [0.3, 0.4) is 0 Å². The van der Waals surface area contributed by atoms with Gasteiger partial charge in [-0.1, -0.05) is 6.07 Å². The molecule has 6 nitrogen and oxygen atoms in total. The molecule has 20 heavy (non-hydrogen) atoms. The fraction of sp³-hybridized carbons (Fsp3) is 0.429. The first-order chi connectivity index (χ1) is 9.81. The van der Waals surface area contributed by atoms with Gasteiger partial charge < -0.3 is 15.3 Å². The van der Waals surface area contributed by atoms with Gasteiger partial charge in [0.1, 0.15) is 11.5 Å². The van der Waals surface area contributed by atoms with Crippen LogP contribution in [-0.4, -0.2) is 47.3 Å². The van der Waals surface area contributed by atoms with E-state index in [4.69, 9.17) is 0 Å². The molecule has 0 bridgehead atoms. The fourth-order valence-electron chi connectivity index (χ4n) is 2.58. The minimum atomic E-state index is -0.0850. The Morgan fingerprint density at radius 1 is 1.30 bits per heavy atom. The molecule has 1 aliphatic heterocycles. The molecular weight excluding hydrogens is 256 g/mol. The van der Waals surface area contributed by atoms with E-state index in [0.29, 0.717) is 17.6 Å². The van der Waals surface area contributed by atoms with Crippen molar-refractivity contribution in [1.29, 1.82) is 0 Å². The molecule has 3 heterocycles. The number of piperazine rings is 1. The van der Waals surface area contributed by atoms with Crippen LogP contribution in [-0.2, 0) is 6.42 Å². The highest BCUT2D eigenvalue weighted by Gasteiger charge is 2.19. The lowest BCUT2D eigenvalue weighted by molar-refractivity contribution is 0.299. The summed E-state index contributed by atoms with van der Waals surface area (Å²) in [5, 5.41) is 12.5. The van der Waals surface area contributed by atoms with Crippen molar-refractivity contribution in [2.75, 3.05) is 37.7 Å². The van der Waals surface area contributed by atoms with Crippen molar-refractivity contribution in [2.24, 2.45) is 0 Å². The van der Waals surface area contributed by atoms with Crippen molar-refractivity contribution in [3.63, 3.8) is 0 Å². The topological polar surface area (TPSA) is 69.9 Å². The summed E-state index contributed by atoms with van der Waals surface area (Å²) >= 11 is 0. The minimum absolute atomic E-state index is 0.0467. The molecule has 0 radical (unpaired) electrons. The van der Waals surface area contributed by atoms with Gasteiger partial charge in [-0.05, 0) is 12.1 Å². The average Bonchev–Trinajstić information content (AvgIpc) is 2.51. The summed E-state index contributed by atoms with van der Waals surface area (Å²) in [7, 11) is 0. The number of fused-ring (bicyclic) bond motifs is 1. The monoisotopic (exact) mass is 274 g/mol. The molecule has 0 unspecified atom stereocenters. The average molecular weight is 274 g/mol. The van der Waals surface area contributed by atoms with Crippen LogP contribution in [0.15, 0.2) is 29.2 Å². The number of hydrogen-bond donors (Lipinski definition) is 2. The van der Waals surface area contributed by atoms with Gasteiger partial charge in [0, 0.05) is 45.4 Å². The SMILES string of the molecule is O=c1c(CCO)c(N2CCNCC2)nc2ccccn12. The summed E-state index contributed by atoms with van der Waals surface area (Å²) < 4.78 is 1.54. The number of aliphatic hydroxyl groups is 1. The molecule has 3 rings (SSSR count). The first kappa shape index (κ1) is 13.1. The molecule has 1 aliphatic rings. The Bertz CT molecular complexity index is 662. The number of pyridine rings is 1. The van der Waals surface area contributed by atoms with E-state index in [2.05, 4.69) is 15.2 Å². The minimum Gasteiger partial charge on any atom is -0.396 e. The van der Waals surface area contributed by atoms with Crippen molar-refractivity contribution in [3.05, 3.63) is 40.3 Å². The van der Waals surface area contributed by atoms with Gasteiger partial charge in [-0.25, -0.2) is 4.98 Å². The maximum atomic E-state index is 12.6. The van der Waals surface area contributed by atoms with E-state index in [1.807, 2.05) is 18.2 Å². The second kappa shape index (κ2) is 5.60. The van der Waals surface area contributed by atoms with Gasteiger partial charge in [0.15, 0.2) is 0 Å². The van der Waals surface area contributed by atoms with Crippen LogP contribution in [0.1, 0.15) is 5.56 Å². The molecule has 0 spiro atoms. The van der Waals surface area contributed by atoms with Gasteiger partial charge in [0.05, 0.1) is 5.56 Å². The smallest absolute Gasteiger partial charge is 0.263 e. The third-order valence-corrected chi connectivity index (χ3v) is 3.58. The molecule has 0 amide bonds. The quantitative estimate of drug-likeness (QED) is 0.800. The van der Waals surface area contributed by atoms with Crippen LogP contribution in [0, 0.1) is 0 Å². The lowest BCUT2D eigenvalue weighted by Crippen LogP contribution is -2.45. The molecule has 2 aromatic rings. The number of anilines is 1. The Hall–Kier alpha value is -1.92. The highest BCUT2D eigenvalue weighted by Crippen LogP contribution is 2.17. The molecular formula is C14H18N4O2. The van der Waals surface area contributed by atoms with Crippen molar-refractivity contribution >= 4 is 11.5 Å². The second-order valence-electron chi connectivity index (χ2n) is 4.86. The third kappa shape index (κ3) is 2.28. The normalized spacial score (nSPS) is 15.8. The Morgan fingerprint density at radius 2 is 2.10 bits per heavy atom. The highest BCUT2D eigenvalue weighted by atomic mass is 16.3. The van der Waals surface area contributed by atoms with Gasteiger partial charge in [-0.2, -0.15) is 0 Å². The van der Waals surface area contributed by atoms with Gasteiger partial charge >= 0.3 is 0 Å². The Kier molecular flexibility index (Phi) is 3.66. The predicted octanol–water partition coefficient (Wildman–Crippen LogP) is -0.361. The number of nitrogens with zero attached hydrogens (tertiary/aromatic N) is 3. The van der Waals surface area contributed by atoms with Crippen LogP contribution < -0.4 is 15.8 Å². The van der Waals surface area contributed by atoms with E-state index >= 15 is 0 Å². The highest BCUT2D eigenvalue weighted by molar-refractivity contribution is 5.54. The Morgan fingerprint density at radius 3 is 2.85 bits per heavy atom. The van der Waals surface area contributed by atoms with Crippen LogP contribution in [0.2, 0.25) is 0 Å². The fourth-order valence-corrected chi connectivity index (χ4v) is 2.58. The standard InChI is InChI=1S/C14H18N4O2/c19-10-4-11-13(17-8-5-15-6-9-17)16-12-3-1-2-7-18(12)14(11)20/h1-3,7,15,19H,4-6,8-10H2. The Balaban J connectivity index is 2.17. The second-order valence-corrected chi connectivity index (χ2v) is 4.86. The van der Waals surface area contributed by atoms with E-state index < -0.39 is 0 Å². The molecule has 2 N–H and O–H groups in total. The molecule has 0 saturated carbocycles. The summed E-state index contributed by atoms with van der Waals surface area (Å²) in [6.07, 6.45) is 2.05. The van der Waals surface area contributed by atoms with Crippen LogP contribution in [0.4, 0.5) is 5.82 Å². The summed E-state index contributed by atoms with van der Waals surface area (Å²) in [6.45, 7) is 3.37. The molecule has 1 saturated heterocycles. The molecule has 6 heteroatoms. The molecule has 2 aromatic heterocycles. The van der Waals surface area contributed by atoms with E-state index in [0.717, 1.165) is 32.0 Å².